The molecule has 0 aromatic heterocycles. The number of para-hydroxylation sites is 1. The van der Waals surface area contributed by atoms with Crippen molar-refractivity contribution in [3.63, 3.8) is 0 Å². The molecule has 6 heteroatoms. The summed E-state index contributed by atoms with van der Waals surface area (Å²) in [4.78, 5) is 0. The Morgan fingerprint density at radius 2 is 1.58 bits per heavy atom. The van der Waals surface area contributed by atoms with Crippen LogP contribution in [-0.4, -0.2) is 34.0 Å². The lowest BCUT2D eigenvalue weighted by Crippen LogP contribution is -2.51. The van der Waals surface area contributed by atoms with Crippen LogP contribution in [-0.2, 0) is 5.79 Å². The van der Waals surface area contributed by atoms with Gasteiger partial charge >= 0.3 is 0 Å². The zero-order valence-electron chi connectivity index (χ0n) is 13.7. The molecule has 132 valence electrons. The van der Waals surface area contributed by atoms with Gasteiger partial charge in [-0.3, -0.25) is 0 Å². The number of phenolic OH excluding ortho intramolecular Hbond substituents is 1. The summed E-state index contributed by atoms with van der Waals surface area (Å²) in [5.74, 6) is -1.20. The number of aliphatic hydroxyl groups is 2. The number of phenols is 1. The van der Waals surface area contributed by atoms with Crippen molar-refractivity contribution in [2.75, 3.05) is 6.61 Å². The van der Waals surface area contributed by atoms with E-state index in [0.29, 0.717) is 12.2 Å². The third-order valence-electron chi connectivity index (χ3n) is 3.67. The molecule has 0 amide bonds. The lowest BCUT2D eigenvalue weighted by molar-refractivity contribution is -0.190. The number of hydrogen-bond acceptors (Lipinski definition) is 5. The van der Waals surface area contributed by atoms with Crippen LogP contribution in [0.15, 0.2) is 54.6 Å². The number of rotatable bonds is 7. The van der Waals surface area contributed by atoms with Crippen LogP contribution in [0.5, 0.6) is 11.5 Å². The minimum atomic E-state index is -2.05. The van der Waals surface area contributed by atoms with Crippen molar-refractivity contribution in [2.45, 2.75) is 31.7 Å². The topological polar surface area (TPSA) is 82.0 Å². The van der Waals surface area contributed by atoms with Gasteiger partial charge in [-0.15, -0.1) is 12.4 Å². The lowest BCUT2D eigenvalue weighted by atomic mass is 9.98. The summed E-state index contributed by atoms with van der Waals surface area (Å²) < 4.78 is 5.64. The molecule has 0 aliphatic rings. The molecule has 2 aromatic carbocycles. The van der Waals surface area contributed by atoms with Crippen LogP contribution in [0, 0.1) is 0 Å². The van der Waals surface area contributed by atoms with Gasteiger partial charge in [0.25, 0.3) is 0 Å². The average Bonchev–Trinajstić information content (AvgIpc) is 2.54. The van der Waals surface area contributed by atoms with E-state index < -0.39 is 11.8 Å². The summed E-state index contributed by atoms with van der Waals surface area (Å²) in [7, 11) is 0. The monoisotopic (exact) mass is 353 g/mol. The van der Waals surface area contributed by atoms with Gasteiger partial charge in [0.1, 0.15) is 18.1 Å². The summed E-state index contributed by atoms with van der Waals surface area (Å²) in [5, 5.41) is 33.1. The summed E-state index contributed by atoms with van der Waals surface area (Å²) in [6.07, 6.45) is 0. The van der Waals surface area contributed by atoms with Crippen LogP contribution >= 0.6 is 12.4 Å². The molecule has 5 nitrogen and oxygen atoms in total. The molecule has 0 heterocycles. The molecule has 0 fully saturated rings. The molecular formula is C18H24ClNO4. The van der Waals surface area contributed by atoms with E-state index in [0.717, 1.165) is 5.75 Å². The largest absolute Gasteiger partial charge is 0.508 e. The summed E-state index contributed by atoms with van der Waals surface area (Å²) >= 11 is 0. The Morgan fingerprint density at radius 3 is 2.17 bits per heavy atom. The maximum absolute atomic E-state index is 10.3. The molecule has 24 heavy (non-hydrogen) atoms. The van der Waals surface area contributed by atoms with Gasteiger partial charge in [-0.2, -0.15) is 0 Å². The standard InChI is InChI=1S/C18H23NO4.ClH/c1-13(12-23-17-6-4-3-5-7-17)19-14(2)18(21,22)15-8-10-16(20)11-9-15;/h3-11,13-14,19-22H,12H2,1-2H3;1H. The van der Waals surface area contributed by atoms with Crippen LogP contribution < -0.4 is 10.1 Å². The zero-order valence-corrected chi connectivity index (χ0v) is 14.5. The quantitative estimate of drug-likeness (QED) is 0.575. The molecule has 0 saturated heterocycles. The minimum absolute atomic E-state index is 0. The fourth-order valence-corrected chi connectivity index (χ4v) is 2.29. The molecular weight excluding hydrogens is 330 g/mol. The second-order valence-electron chi connectivity index (χ2n) is 5.69. The zero-order chi connectivity index (χ0) is 16.9. The molecule has 2 unspecified atom stereocenters. The Balaban J connectivity index is 0.00000288. The number of nitrogens with one attached hydrogen (secondary N) is 1. The smallest absolute Gasteiger partial charge is 0.205 e. The van der Waals surface area contributed by atoms with E-state index in [1.807, 2.05) is 37.3 Å². The maximum atomic E-state index is 10.3. The first-order valence-electron chi connectivity index (χ1n) is 7.57. The highest BCUT2D eigenvalue weighted by Gasteiger charge is 2.33. The van der Waals surface area contributed by atoms with Crippen molar-refractivity contribution in [3.8, 4) is 11.5 Å². The van der Waals surface area contributed by atoms with Gasteiger partial charge < -0.3 is 25.4 Å². The van der Waals surface area contributed by atoms with Crippen molar-refractivity contribution in [1.29, 1.82) is 0 Å². The normalized spacial score (nSPS) is 13.7. The lowest BCUT2D eigenvalue weighted by Gasteiger charge is -2.32. The van der Waals surface area contributed by atoms with E-state index in [1.165, 1.54) is 24.3 Å². The number of hydrogen-bond donors (Lipinski definition) is 4. The number of aromatic hydroxyl groups is 1. The van der Waals surface area contributed by atoms with Crippen LogP contribution in [0.25, 0.3) is 0 Å². The van der Waals surface area contributed by atoms with Crippen molar-refractivity contribution in [1.82, 2.24) is 5.32 Å². The first kappa shape index (κ1) is 20.3. The Hall–Kier alpha value is -1.79. The number of halogens is 1. The van der Waals surface area contributed by atoms with Crippen LogP contribution in [0.3, 0.4) is 0 Å². The fourth-order valence-electron chi connectivity index (χ4n) is 2.29. The third kappa shape index (κ3) is 5.39. The molecule has 2 rings (SSSR count). The van der Waals surface area contributed by atoms with Gasteiger partial charge in [0.05, 0.1) is 6.04 Å². The summed E-state index contributed by atoms with van der Waals surface area (Å²) in [5.41, 5.74) is 0.312. The first-order valence-corrected chi connectivity index (χ1v) is 7.57. The predicted octanol–water partition coefficient (Wildman–Crippen LogP) is 2.40. The number of benzene rings is 2. The van der Waals surface area contributed by atoms with Gasteiger partial charge in [-0.05, 0) is 50.2 Å². The molecule has 0 bridgehead atoms. The Labute approximate surface area is 148 Å². The summed E-state index contributed by atoms with van der Waals surface area (Å²) in [6, 6.07) is 14.6. The van der Waals surface area contributed by atoms with Crippen molar-refractivity contribution < 1.29 is 20.1 Å². The second kappa shape index (κ2) is 8.89. The molecule has 0 spiro atoms. The second-order valence-corrected chi connectivity index (χ2v) is 5.69. The van der Waals surface area contributed by atoms with E-state index in [4.69, 9.17) is 4.74 Å². The van der Waals surface area contributed by atoms with Gasteiger partial charge in [0.2, 0.25) is 5.79 Å². The van der Waals surface area contributed by atoms with E-state index in [1.54, 1.807) is 6.92 Å². The number of ether oxygens (including phenoxy) is 1. The van der Waals surface area contributed by atoms with Crippen LogP contribution in [0.2, 0.25) is 0 Å². The summed E-state index contributed by atoms with van der Waals surface area (Å²) in [6.45, 7) is 4.00. The molecule has 4 N–H and O–H groups in total. The molecule has 0 aliphatic heterocycles. The highest BCUT2D eigenvalue weighted by molar-refractivity contribution is 5.85. The van der Waals surface area contributed by atoms with Crippen molar-refractivity contribution in [3.05, 3.63) is 60.2 Å². The van der Waals surface area contributed by atoms with Gasteiger partial charge in [0.15, 0.2) is 0 Å². The van der Waals surface area contributed by atoms with E-state index in [9.17, 15) is 15.3 Å². The molecule has 2 aromatic rings. The Kier molecular flexibility index (Phi) is 7.51. The SMILES string of the molecule is CC(COc1ccccc1)NC(C)C(O)(O)c1ccc(O)cc1.Cl. The Morgan fingerprint density at radius 1 is 1.00 bits per heavy atom. The molecule has 2 atom stereocenters. The van der Waals surface area contributed by atoms with Crippen molar-refractivity contribution in [2.24, 2.45) is 0 Å². The van der Waals surface area contributed by atoms with Gasteiger partial charge in [-0.1, -0.05) is 18.2 Å². The van der Waals surface area contributed by atoms with Crippen LogP contribution in [0.4, 0.5) is 0 Å². The molecule has 0 aliphatic carbocycles. The van der Waals surface area contributed by atoms with Gasteiger partial charge in [-0.25, -0.2) is 0 Å². The molecule has 0 radical (unpaired) electrons. The fraction of sp³-hybridized carbons (Fsp3) is 0.333. The van der Waals surface area contributed by atoms with Crippen molar-refractivity contribution >= 4 is 12.4 Å². The molecule has 0 saturated carbocycles. The predicted molar refractivity (Wildman–Crippen MR) is 95.5 cm³/mol. The average molecular weight is 354 g/mol. The highest BCUT2D eigenvalue weighted by atomic mass is 35.5. The third-order valence-corrected chi connectivity index (χ3v) is 3.67. The van der Waals surface area contributed by atoms with Gasteiger partial charge in [0, 0.05) is 11.6 Å². The maximum Gasteiger partial charge on any atom is 0.205 e. The van der Waals surface area contributed by atoms with E-state index >= 15 is 0 Å². The minimum Gasteiger partial charge on any atom is -0.508 e. The van der Waals surface area contributed by atoms with E-state index in [-0.39, 0.29) is 24.2 Å². The first-order chi connectivity index (χ1) is 10.9. The van der Waals surface area contributed by atoms with E-state index in [2.05, 4.69) is 5.32 Å². The highest BCUT2D eigenvalue weighted by Crippen LogP contribution is 2.24. The van der Waals surface area contributed by atoms with Crippen LogP contribution in [0.1, 0.15) is 19.4 Å². The Bertz CT molecular complexity index is 604.